The SMILES string of the molecule is CNc1ccc(C(=O)N(C)CC2CCCC2)cc1[N+](=O)[O-]. The van der Waals surface area contributed by atoms with E-state index in [0.717, 1.165) is 19.4 Å². The predicted molar refractivity (Wildman–Crippen MR) is 81.6 cm³/mol. The highest BCUT2D eigenvalue weighted by molar-refractivity contribution is 5.95. The summed E-state index contributed by atoms with van der Waals surface area (Å²) in [6, 6.07) is 4.56. The first-order valence-corrected chi connectivity index (χ1v) is 7.24. The molecule has 0 radical (unpaired) electrons. The van der Waals surface area contributed by atoms with E-state index in [1.54, 1.807) is 31.1 Å². The maximum atomic E-state index is 12.4. The maximum Gasteiger partial charge on any atom is 0.293 e. The number of carbonyl (C=O) groups is 1. The van der Waals surface area contributed by atoms with E-state index in [9.17, 15) is 14.9 Å². The lowest BCUT2D eigenvalue weighted by Gasteiger charge is -2.21. The van der Waals surface area contributed by atoms with E-state index in [1.165, 1.54) is 18.9 Å². The van der Waals surface area contributed by atoms with Gasteiger partial charge in [-0.15, -0.1) is 0 Å². The van der Waals surface area contributed by atoms with E-state index in [2.05, 4.69) is 5.32 Å². The van der Waals surface area contributed by atoms with Crippen LogP contribution in [-0.2, 0) is 0 Å². The molecule has 114 valence electrons. The largest absolute Gasteiger partial charge is 0.383 e. The molecule has 0 atom stereocenters. The summed E-state index contributed by atoms with van der Waals surface area (Å²) in [5.41, 5.74) is 0.703. The molecule has 1 saturated carbocycles. The van der Waals surface area contributed by atoms with Gasteiger partial charge in [0.15, 0.2) is 0 Å². The van der Waals surface area contributed by atoms with Gasteiger partial charge in [-0.1, -0.05) is 12.8 Å². The van der Waals surface area contributed by atoms with Crippen LogP contribution < -0.4 is 5.32 Å². The molecule has 1 aromatic carbocycles. The number of rotatable bonds is 5. The van der Waals surface area contributed by atoms with E-state index in [1.807, 2.05) is 0 Å². The van der Waals surface area contributed by atoms with Gasteiger partial charge in [-0.3, -0.25) is 14.9 Å². The Morgan fingerprint density at radius 3 is 2.67 bits per heavy atom. The van der Waals surface area contributed by atoms with Crippen LogP contribution in [0.25, 0.3) is 0 Å². The second kappa shape index (κ2) is 6.56. The van der Waals surface area contributed by atoms with Gasteiger partial charge in [0.25, 0.3) is 11.6 Å². The van der Waals surface area contributed by atoms with Crippen molar-refractivity contribution < 1.29 is 9.72 Å². The Morgan fingerprint density at radius 2 is 2.10 bits per heavy atom. The summed E-state index contributed by atoms with van der Waals surface area (Å²) in [6.45, 7) is 0.723. The lowest BCUT2D eigenvalue weighted by atomic mass is 10.1. The van der Waals surface area contributed by atoms with Crippen molar-refractivity contribution in [1.82, 2.24) is 4.90 Å². The summed E-state index contributed by atoms with van der Waals surface area (Å²) >= 11 is 0. The van der Waals surface area contributed by atoms with Crippen LogP contribution in [0.2, 0.25) is 0 Å². The normalized spacial score (nSPS) is 15.0. The number of hydrogen-bond donors (Lipinski definition) is 1. The second-order valence-electron chi connectivity index (χ2n) is 5.58. The average molecular weight is 291 g/mol. The second-order valence-corrected chi connectivity index (χ2v) is 5.58. The number of anilines is 1. The topological polar surface area (TPSA) is 75.5 Å². The zero-order chi connectivity index (χ0) is 15.4. The van der Waals surface area contributed by atoms with Crippen molar-refractivity contribution in [2.45, 2.75) is 25.7 Å². The molecule has 1 aromatic rings. The average Bonchev–Trinajstić information content (AvgIpc) is 2.98. The van der Waals surface area contributed by atoms with Crippen molar-refractivity contribution in [3.05, 3.63) is 33.9 Å². The van der Waals surface area contributed by atoms with E-state index >= 15 is 0 Å². The van der Waals surface area contributed by atoms with E-state index in [-0.39, 0.29) is 11.6 Å². The lowest BCUT2D eigenvalue weighted by molar-refractivity contribution is -0.384. The molecule has 2 rings (SSSR count). The van der Waals surface area contributed by atoms with Gasteiger partial charge in [-0.2, -0.15) is 0 Å². The molecule has 0 aromatic heterocycles. The van der Waals surface area contributed by atoms with Crippen LogP contribution in [-0.4, -0.2) is 36.4 Å². The number of benzene rings is 1. The summed E-state index contributed by atoms with van der Waals surface area (Å²) in [4.78, 5) is 24.6. The van der Waals surface area contributed by atoms with Crippen molar-refractivity contribution in [1.29, 1.82) is 0 Å². The van der Waals surface area contributed by atoms with Crippen LogP contribution in [0.1, 0.15) is 36.0 Å². The fraction of sp³-hybridized carbons (Fsp3) is 0.533. The molecule has 0 unspecified atom stereocenters. The summed E-state index contributed by atoms with van der Waals surface area (Å²) < 4.78 is 0. The van der Waals surface area contributed by atoms with E-state index in [0.29, 0.717) is 17.2 Å². The van der Waals surface area contributed by atoms with Crippen LogP contribution in [0.4, 0.5) is 11.4 Å². The monoisotopic (exact) mass is 291 g/mol. The molecule has 6 nitrogen and oxygen atoms in total. The summed E-state index contributed by atoms with van der Waals surface area (Å²) in [7, 11) is 3.38. The van der Waals surface area contributed by atoms with Crippen molar-refractivity contribution in [3.63, 3.8) is 0 Å². The number of nitro groups is 1. The van der Waals surface area contributed by atoms with Crippen LogP contribution in [0.3, 0.4) is 0 Å². The van der Waals surface area contributed by atoms with Gasteiger partial charge in [0.05, 0.1) is 4.92 Å². The first-order valence-electron chi connectivity index (χ1n) is 7.24. The number of amides is 1. The molecular formula is C15H21N3O3. The molecule has 0 saturated heterocycles. The molecule has 0 heterocycles. The van der Waals surface area contributed by atoms with Crippen LogP contribution >= 0.6 is 0 Å². The lowest BCUT2D eigenvalue weighted by Crippen LogP contribution is -2.31. The van der Waals surface area contributed by atoms with E-state index < -0.39 is 4.92 Å². The minimum Gasteiger partial charge on any atom is -0.383 e. The molecule has 21 heavy (non-hydrogen) atoms. The zero-order valence-electron chi connectivity index (χ0n) is 12.5. The Balaban J connectivity index is 2.14. The molecule has 6 heteroatoms. The third-order valence-corrected chi connectivity index (χ3v) is 4.06. The Morgan fingerprint density at radius 1 is 1.43 bits per heavy atom. The standard InChI is InChI=1S/C15H21N3O3/c1-16-13-8-7-12(9-14(13)18(20)21)15(19)17(2)10-11-5-3-4-6-11/h7-9,11,16H,3-6,10H2,1-2H3. The van der Waals surface area contributed by atoms with Gasteiger partial charge >= 0.3 is 0 Å². The third-order valence-electron chi connectivity index (χ3n) is 4.06. The van der Waals surface area contributed by atoms with Crippen molar-refractivity contribution in [2.24, 2.45) is 5.92 Å². The maximum absolute atomic E-state index is 12.4. The van der Waals surface area contributed by atoms with Gasteiger partial charge < -0.3 is 10.2 Å². The molecule has 1 fully saturated rings. The third kappa shape index (κ3) is 3.51. The van der Waals surface area contributed by atoms with Crippen LogP contribution in [0, 0.1) is 16.0 Å². The molecule has 0 aliphatic heterocycles. The fourth-order valence-corrected chi connectivity index (χ4v) is 2.91. The number of hydrogen-bond acceptors (Lipinski definition) is 4. The number of nitrogens with one attached hydrogen (secondary N) is 1. The molecular weight excluding hydrogens is 270 g/mol. The summed E-state index contributed by atoms with van der Waals surface area (Å²) in [6.07, 6.45) is 4.79. The molecule has 1 aliphatic rings. The van der Waals surface area contributed by atoms with Gasteiger partial charge in [-0.05, 0) is 30.9 Å². The molecule has 0 bridgehead atoms. The number of carbonyl (C=O) groups excluding carboxylic acids is 1. The highest BCUT2D eigenvalue weighted by Gasteiger charge is 2.22. The summed E-state index contributed by atoms with van der Waals surface area (Å²) in [5, 5.41) is 13.8. The highest BCUT2D eigenvalue weighted by atomic mass is 16.6. The van der Waals surface area contributed by atoms with E-state index in [4.69, 9.17) is 0 Å². The van der Waals surface area contributed by atoms with Crippen molar-refractivity contribution in [3.8, 4) is 0 Å². The quantitative estimate of drug-likeness (QED) is 0.668. The number of nitro benzene ring substituents is 1. The Kier molecular flexibility index (Phi) is 4.77. The van der Waals surface area contributed by atoms with Gasteiger partial charge in [0.1, 0.15) is 5.69 Å². The molecule has 0 spiro atoms. The van der Waals surface area contributed by atoms with Crippen LogP contribution in [0.15, 0.2) is 18.2 Å². The fourth-order valence-electron chi connectivity index (χ4n) is 2.91. The predicted octanol–water partition coefficient (Wildman–Crippen LogP) is 2.90. The Labute approximate surface area is 124 Å². The van der Waals surface area contributed by atoms with Crippen LogP contribution in [0.5, 0.6) is 0 Å². The van der Waals surface area contributed by atoms with Gasteiger partial charge in [0, 0.05) is 32.3 Å². The highest BCUT2D eigenvalue weighted by Crippen LogP contribution is 2.27. The Hall–Kier alpha value is -2.11. The smallest absolute Gasteiger partial charge is 0.293 e. The first kappa shape index (κ1) is 15.3. The van der Waals surface area contributed by atoms with Crippen molar-refractivity contribution >= 4 is 17.3 Å². The first-order chi connectivity index (χ1) is 10.0. The van der Waals surface area contributed by atoms with Gasteiger partial charge in [-0.25, -0.2) is 0 Å². The Bertz CT molecular complexity index is 539. The van der Waals surface area contributed by atoms with Crippen molar-refractivity contribution in [2.75, 3.05) is 26.0 Å². The minimum atomic E-state index is -0.473. The minimum absolute atomic E-state index is 0.0717. The molecule has 1 aliphatic carbocycles. The molecule has 1 amide bonds. The number of nitrogens with zero attached hydrogens (tertiary/aromatic N) is 2. The zero-order valence-corrected chi connectivity index (χ0v) is 12.5. The van der Waals surface area contributed by atoms with Gasteiger partial charge in [0.2, 0.25) is 0 Å². The molecule has 1 N–H and O–H groups in total. The summed E-state index contributed by atoms with van der Waals surface area (Å²) in [5.74, 6) is 0.401.